The smallest absolute Gasteiger partial charge is 0.142 e. The Hall–Kier alpha value is -1.56. The molecule has 0 saturated carbocycles. The molecule has 124 valence electrons. The lowest BCUT2D eigenvalue weighted by atomic mass is 10.0. The van der Waals surface area contributed by atoms with Gasteiger partial charge in [0.25, 0.3) is 0 Å². The second-order valence-electron chi connectivity index (χ2n) is 5.77. The number of para-hydroxylation sites is 1. The van der Waals surface area contributed by atoms with Crippen molar-refractivity contribution in [3.8, 4) is 5.75 Å². The van der Waals surface area contributed by atoms with E-state index in [1.165, 1.54) is 10.4 Å². The number of aliphatic hydroxyl groups excluding tert-OH is 1. The van der Waals surface area contributed by atoms with Crippen LogP contribution in [0.1, 0.15) is 16.9 Å². The Labute approximate surface area is 141 Å². The molecule has 1 unspecified atom stereocenters. The van der Waals surface area contributed by atoms with Gasteiger partial charge in [0.1, 0.15) is 5.75 Å². The van der Waals surface area contributed by atoms with Crippen LogP contribution in [0.4, 0.5) is 5.69 Å². The maximum absolute atomic E-state index is 10.3. The summed E-state index contributed by atoms with van der Waals surface area (Å²) in [6.45, 7) is 2.42. The van der Waals surface area contributed by atoms with E-state index in [0.717, 1.165) is 30.8 Å². The van der Waals surface area contributed by atoms with E-state index >= 15 is 0 Å². The van der Waals surface area contributed by atoms with Gasteiger partial charge in [-0.05, 0) is 35.9 Å². The van der Waals surface area contributed by atoms with Crippen molar-refractivity contribution >= 4 is 17.0 Å². The van der Waals surface area contributed by atoms with E-state index in [1.807, 2.05) is 29.6 Å². The third kappa shape index (κ3) is 4.05. The topological polar surface area (TPSA) is 41.9 Å². The zero-order chi connectivity index (χ0) is 16.1. The molecule has 2 heterocycles. The number of thiophene rings is 1. The van der Waals surface area contributed by atoms with E-state index in [-0.39, 0.29) is 0 Å². The van der Waals surface area contributed by atoms with Crippen LogP contribution in [0.2, 0.25) is 0 Å². The molecule has 23 heavy (non-hydrogen) atoms. The Morgan fingerprint density at radius 1 is 1.30 bits per heavy atom. The van der Waals surface area contributed by atoms with Gasteiger partial charge in [0.05, 0.1) is 32.1 Å². The maximum Gasteiger partial charge on any atom is 0.142 e. The van der Waals surface area contributed by atoms with Crippen LogP contribution in [0.5, 0.6) is 5.75 Å². The van der Waals surface area contributed by atoms with Gasteiger partial charge in [-0.15, -0.1) is 11.3 Å². The standard InChI is InChI=1S/C18H23NO3S/c1-21-17-8-2-5-14-6-3-9-19(18(14)17)11-15(20)12-22-13-16-7-4-10-23-16/h2,4-5,7-8,10,15,20H,3,6,9,11-13H2,1H3. The molecular formula is C18H23NO3S. The molecule has 0 saturated heterocycles. The highest BCUT2D eigenvalue weighted by Gasteiger charge is 2.22. The summed E-state index contributed by atoms with van der Waals surface area (Å²) in [6, 6.07) is 10.2. The average Bonchev–Trinajstić information content (AvgIpc) is 3.08. The van der Waals surface area contributed by atoms with Crippen LogP contribution in [0.25, 0.3) is 0 Å². The molecule has 3 rings (SSSR count). The molecule has 4 nitrogen and oxygen atoms in total. The summed E-state index contributed by atoms with van der Waals surface area (Å²) in [5.74, 6) is 0.883. The van der Waals surface area contributed by atoms with Crippen LogP contribution in [-0.2, 0) is 17.8 Å². The van der Waals surface area contributed by atoms with Gasteiger partial charge in [0.2, 0.25) is 0 Å². The van der Waals surface area contributed by atoms with E-state index in [4.69, 9.17) is 9.47 Å². The van der Waals surface area contributed by atoms with Gasteiger partial charge in [-0.1, -0.05) is 18.2 Å². The van der Waals surface area contributed by atoms with E-state index in [0.29, 0.717) is 19.8 Å². The number of rotatable bonds is 7. The Morgan fingerprint density at radius 2 is 2.22 bits per heavy atom. The number of hydrogen-bond acceptors (Lipinski definition) is 5. The molecule has 5 heteroatoms. The minimum absolute atomic E-state index is 0.346. The fourth-order valence-corrected chi connectivity index (χ4v) is 3.69. The lowest BCUT2D eigenvalue weighted by molar-refractivity contribution is 0.0328. The van der Waals surface area contributed by atoms with Crippen molar-refractivity contribution in [2.75, 3.05) is 31.7 Å². The molecular weight excluding hydrogens is 310 g/mol. The molecule has 0 radical (unpaired) electrons. The lowest BCUT2D eigenvalue weighted by Crippen LogP contribution is -2.38. The fraction of sp³-hybridized carbons (Fsp3) is 0.444. The molecule has 1 atom stereocenters. The Kier molecular flexibility index (Phi) is 5.54. The first kappa shape index (κ1) is 16.3. The third-order valence-electron chi connectivity index (χ3n) is 4.06. The van der Waals surface area contributed by atoms with Crippen molar-refractivity contribution in [1.29, 1.82) is 0 Å². The largest absolute Gasteiger partial charge is 0.495 e. The SMILES string of the molecule is COc1cccc2c1N(CC(O)COCc1cccs1)CCC2. The van der Waals surface area contributed by atoms with Gasteiger partial charge in [-0.25, -0.2) is 0 Å². The first-order valence-corrected chi connectivity index (χ1v) is 8.85. The molecule has 0 fully saturated rings. The number of aryl methyl sites for hydroxylation is 1. The monoisotopic (exact) mass is 333 g/mol. The number of nitrogens with zero attached hydrogens (tertiary/aromatic N) is 1. The van der Waals surface area contributed by atoms with E-state index in [2.05, 4.69) is 11.0 Å². The number of aliphatic hydroxyl groups is 1. The second-order valence-corrected chi connectivity index (χ2v) is 6.80. The van der Waals surface area contributed by atoms with Crippen LogP contribution < -0.4 is 9.64 Å². The van der Waals surface area contributed by atoms with Gasteiger partial charge in [0, 0.05) is 18.0 Å². The first-order chi connectivity index (χ1) is 11.3. The third-order valence-corrected chi connectivity index (χ3v) is 4.91. The van der Waals surface area contributed by atoms with Gasteiger partial charge < -0.3 is 19.5 Å². The molecule has 2 aromatic rings. The summed E-state index contributed by atoms with van der Waals surface area (Å²) in [5.41, 5.74) is 2.42. The summed E-state index contributed by atoms with van der Waals surface area (Å²) in [7, 11) is 1.70. The predicted octanol–water partition coefficient (Wildman–Crippen LogP) is 3.09. The van der Waals surface area contributed by atoms with Gasteiger partial charge in [-0.3, -0.25) is 0 Å². The van der Waals surface area contributed by atoms with Crippen molar-refractivity contribution < 1.29 is 14.6 Å². The summed E-state index contributed by atoms with van der Waals surface area (Å²) in [5, 5.41) is 12.3. The average molecular weight is 333 g/mol. The summed E-state index contributed by atoms with van der Waals surface area (Å²) in [6.07, 6.45) is 1.66. The van der Waals surface area contributed by atoms with Crippen LogP contribution >= 0.6 is 11.3 Å². The van der Waals surface area contributed by atoms with E-state index in [9.17, 15) is 5.11 Å². The Morgan fingerprint density at radius 3 is 3.00 bits per heavy atom. The van der Waals surface area contributed by atoms with Crippen molar-refractivity contribution in [2.45, 2.75) is 25.6 Å². The summed E-state index contributed by atoms with van der Waals surface area (Å²) in [4.78, 5) is 3.40. The molecule has 1 aromatic carbocycles. The highest BCUT2D eigenvalue weighted by Crippen LogP contribution is 2.36. The normalized spacial score (nSPS) is 15.3. The minimum atomic E-state index is -0.508. The predicted molar refractivity (Wildman–Crippen MR) is 93.5 cm³/mol. The van der Waals surface area contributed by atoms with Crippen LogP contribution in [0.15, 0.2) is 35.7 Å². The van der Waals surface area contributed by atoms with Crippen LogP contribution in [0, 0.1) is 0 Å². The lowest BCUT2D eigenvalue weighted by Gasteiger charge is -2.34. The number of fused-ring (bicyclic) bond motifs is 1. The molecule has 0 spiro atoms. The zero-order valence-corrected chi connectivity index (χ0v) is 14.2. The fourth-order valence-electron chi connectivity index (χ4n) is 3.05. The summed E-state index contributed by atoms with van der Waals surface area (Å²) < 4.78 is 11.1. The number of methoxy groups -OCH3 is 1. The van der Waals surface area contributed by atoms with Crippen molar-refractivity contribution in [3.63, 3.8) is 0 Å². The molecule has 0 aliphatic carbocycles. The van der Waals surface area contributed by atoms with Gasteiger partial charge in [-0.2, -0.15) is 0 Å². The minimum Gasteiger partial charge on any atom is -0.495 e. The van der Waals surface area contributed by atoms with Crippen molar-refractivity contribution in [2.24, 2.45) is 0 Å². The van der Waals surface area contributed by atoms with Gasteiger partial charge >= 0.3 is 0 Å². The van der Waals surface area contributed by atoms with Crippen LogP contribution in [-0.4, -0.2) is 38.0 Å². The Balaban J connectivity index is 1.58. The molecule has 1 N–H and O–H groups in total. The second kappa shape index (κ2) is 7.81. The number of anilines is 1. The van der Waals surface area contributed by atoms with Crippen molar-refractivity contribution in [1.82, 2.24) is 0 Å². The van der Waals surface area contributed by atoms with Crippen LogP contribution in [0.3, 0.4) is 0 Å². The maximum atomic E-state index is 10.3. The highest BCUT2D eigenvalue weighted by atomic mass is 32.1. The highest BCUT2D eigenvalue weighted by molar-refractivity contribution is 7.09. The Bertz CT molecular complexity index is 600. The number of benzene rings is 1. The number of hydrogen-bond donors (Lipinski definition) is 1. The molecule has 1 aromatic heterocycles. The number of β-amino-alcohol motifs (C(OH)–C–C–N with tert-alkyl or cyclic N) is 1. The van der Waals surface area contributed by atoms with Crippen molar-refractivity contribution in [3.05, 3.63) is 46.2 Å². The molecule has 1 aliphatic heterocycles. The summed E-state index contributed by atoms with van der Waals surface area (Å²) >= 11 is 1.67. The van der Waals surface area contributed by atoms with E-state index < -0.39 is 6.10 Å². The molecule has 0 bridgehead atoms. The number of ether oxygens (including phenoxy) is 2. The quantitative estimate of drug-likeness (QED) is 0.845. The van der Waals surface area contributed by atoms with E-state index in [1.54, 1.807) is 18.4 Å². The van der Waals surface area contributed by atoms with Gasteiger partial charge in [0.15, 0.2) is 0 Å². The molecule has 0 amide bonds. The first-order valence-electron chi connectivity index (χ1n) is 7.97. The zero-order valence-electron chi connectivity index (χ0n) is 13.4. The molecule has 1 aliphatic rings.